The molecule has 4 aromatic carbocycles. The van der Waals surface area contributed by atoms with Gasteiger partial charge in [0, 0.05) is 5.56 Å². The van der Waals surface area contributed by atoms with E-state index in [-0.39, 0.29) is 11.8 Å². The van der Waals surface area contributed by atoms with Crippen molar-refractivity contribution >= 4 is 40.4 Å². The summed E-state index contributed by atoms with van der Waals surface area (Å²) in [6.07, 6.45) is 2.39. The molecular weight excluding hydrogens is 487 g/mol. The van der Waals surface area contributed by atoms with E-state index < -0.39 is 5.41 Å². The van der Waals surface area contributed by atoms with Gasteiger partial charge < -0.3 is 0 Å². The lowest BCUT2D eigenvalue weighted by Gasteiger charge is -2.38. The SMILES string of the molecule is O=C1c2ccccc2CCCC12C(c1ccccc1)=NN(c1ccccc1)C2c1ccc(Cl)c(Cl)c1. The van der Waals surface area contributed by atoms with E-state index in [1.807, 2.05) is 102 Å². The van der Waals surface area contributed by atoms with E-state index in [4.69, 9.17) is 28.3 Å². The minimum atomic E-state index is -0.902. The van der Waals surface area contributed by atoms with Crippen molar-refractivity contribution < 1.29 is 4.79 Å². The monoisotopic (exact) mass is 510 g/mol. The van der Waals surface area contributed by atoms with Crippen LogP contribution in [0.4, 0.5) is 5.69 Å². The van der Waals surface area contributed by atoms with Crippen molar-refractivity contribution in [1.29, 1.82) is 0 Å². The molecule has 1 aliphatic heterocycles. The van der Waals surface area contributed by atoms with Crippen molar-refractivity contribution in [3.8, 4) is 0 Å². The second-order valence-electron chi connectivity index (χ2n) is 9.38. The number of hydrogen-bond acceptors (Lipinski definition) is 3. The second-order valence-corrected chi connectivity index (χ2v) is 10.2. The predicted molar refractivity (Wildman–Crippen MR) is 147 cm³/mol. The summed E-state index contributed by atoms with van der Waals surface area (Å²) < 4.78 is 0. The number of fused-ring (bicyclic) bond motifs is 1. The van der Waals surface area contributed by atoms with Gasteiger partial charge in [-0.1, -0.05) is 102 Å². The van der Waals surface area contributed by atoms with Crippen molar-refractivity contribution in [2.45, 2.75) is 25.3 Å². The fourth-order valence-corrected chi connectivity index (χ4v) is 6.06. The Hall–Kier alpha value is -3.40. The molecule has 2 unspecified atom stereocenters. The fraction of sp³-hybridized carbons (Fsp3) is 0.161. The summed E-state index contributed by atoms with van der Waals surface area (Å²) in [6.45, 7) is 0. The topological polar surface area (TPSA) is 32.7 Å². The molecule has 0 fully saturated rings. The first-order valence-electron chi connectivity index (χ1n) is 12.2. The van der Waals surface area contributed by atoms with Crippen LogP contribution in [0.1, 0.15) is 45.9 Å². The number of aryl methyl sites for hydroxylation is 1. The molecule has 0 saturated carbocycles. The van der Waals surface area contributed by atoms with E-state index in [9.17, 15) is 4.79 Å². The van der Waals surface area contributed by atoms with Crippen LogP contribution in [0, 0.1) is 5.41 Å². The highest BCUT2D eigenvalue weighted by atomic mass is 35.5. The Labute approximate surface area is 221 Å². The quantitative estimate of drug-likeness (QED) is 0.278. The molecule has 0 aromatic heterocycles. The molecule has 2 atom stereocenters. The minimum Gasteiger partial charge on any atom is -0.293 e. The number of carbonyl (C=O) groups excluding carboxylic acids is 1. The molecule has 0 amide bonds. The van der Waals surface area contributed by atoms with Gasteiger partial charge in [-0.2, -0.15) is 5.10 Å². The summed E-state index contributed by atoms with van der Waals surface area (Å²) >= 11 is 12.9. The van der Waals surface area contributed by atoms with E-state index in [2.05, 4.69) is 6.07 Å². The maximum atomic E-state index is 14.8. The summed E-state index contributed by atoms with van der Waals surface area (Å²) in [5.41, 5.74) is 4.55. The van der Waals surface area contributed by atoms with Crippen LogP contribution in [-0.2, 0) is 6.42 Å². The van der Waals surface area contributed by atoms with Gasteiger partial charge >= 0.3 is 0 Å². The first-order valence-corrected chi connectivity index (χ1v) is 12.9. The van der Waals surface area contributed by atoms with Gasteiger partial charge in [0.1, 0.15) is 5.41 Å². The Morgan fingerprint density at radius 3 is 2.25 bits per heavy atom. The van der Waals surface area contributed by atoms with Crippen LogP contribution < -0.4 is 5.01 Å². The molecule has 0 bridgehead atoms. The molecule has 2 aliphatic rings. The normalized spacial score (nSPS) is 21.3. The van der Waals surface area contributed by atoms with Gasteiger partial charge in [-0.15, -0.1) is 0 Å². The van der Waals surface area contributed by atoms with Crippen LogP contribution in [0.15, 0.2) is 108 Å². The number of anilines is 1. The number of benzene rings is 4. The number of rotatable bonds is 3. The van der Waals surface area contributed by atoms with Gasteiger partial charge in [0.05, 0.1) is 27.5 Å². The molecule has 4 aromatic rings. The Kier molecular flexibility index (Phi) is 5.91. The number of Topliss-reactive ketones (excluding diaryl/α,β-unsaturated/α-hetero) is 1. The first-order chi connectivity index (χ1) is 17.6. The highest BCUT2D eigenvalue weighted by molar-refractivity contribution is 6.42. The Morgan fingerprint density at radius 1 is 0.806 bits per heavy atom. The summed E-state index contributed by atoms with van der Waals surface area (Å²) in [5.74, 6) is 0.104. The molecule has 3 nitrogen and oxygen atoms in total. The average Bonchev–Trinajstić information content (AvgIpc) is 3.19. The van der Waals surface area contributed by atoms with Crippen molar-refractivity contribution in [1.82, 2.24) is 0 Å². The maximum Gasteiger partial charge on any atom is 0.177 e. The molecule has 1 heterocycles. The first kappa shape index (κ1) is 23.0. The molecule has 0 N–H and O–H groups in total. The molecule has 1 spiro atoms. The number of para-hydroxylation sites is 1. The third-order valence-electron chi connectivity index (χ3n) is 7.35. The van der Waals surface area contributed by atoms with Gasteiger partial charge in [-0.05, 0) is 60.2 Å². The predicted octanol–water partition coefficient (Wildman–Crippen LogP) is 8.16. The van der Waals surface area contributed by atoms with Crippen molar-refractivity contribution in [3.05, 3.63) is 135 Å². The number of hydrazone groups is 1. The second kappa shape index (κ2) is 9.24. The van der Waals surface area contributed by atoms with Crippen molar-refractivity contribution in [2.75, 3.05) is 5.01 Å². The maximum absolute atomic E-state index is 14.8. The standard InChI is InChI=1S/C31H24Cl2N2O/c32-26-18-17-23(20-27(26)33)29-31(19-9-13-21-10-7-8-16-25(21)30(31)36)28(22-11-3-1-4-12-22)34-35(29)24-14-5-2-6-15-24/h1-8,10-12,14-18,20,29H,9,13,19H2. The minimum absolute atomic E-state index is 0.104. The third kappa shape index (κ3) is 3.66. The summed E-state index contributed by atoms with van der Waals surface area (Å²) in [5, 5.41) is 8.19. The molecule has 6 rings (SSSR count). The molecule has 178 valence electrons. The van der Waals surface area contributed by atoms with Crippen LogP contribution >= 0.6 is 23.2 Å². The molecule has 0 saturated heterocycles. The molecule has 1 aliphatic carbocycles. The molecule has 0 radical (unpaired) electrons. The highest BCUT2D eigenvalue weighted by Gasteiger charge is 2.58. The summed E-state index contributed by atoms with van der Waals surface area (Å²) in [4.78, 5) is 14.8. The van der Waals surface area contributed by atoms with Crippen LogP contribution in [-0.4, -0.2) is 11.5 Å². The zero-order valence-corrected chi connectivity index (χ0v) is 21.1. The number of carbonyl (C=O) groups is 1. The Bertz CT molecular complexity index is 1470. The molecule has 36 heavy (non-hydrogen) atoms. The Morgan fingerprint density at radius 2 is 1.50 bits per heavy atom. The van der Waals surface area contributed by atoms with Crippen LogP contribution in [0.25, 0.3) is 0 Å². The average molecular weight is 511 g/mol. The lowest BCUT2D eigenvalue weighted by molar-refractivity contribution is 0.0843. The van der Waals surface area contributed by atoms with E-state index in [1.165, 1.54) is 0 Å². The zero-order valence-electron chi connectivity index (χ0n) is 19.6. The molecule has 5 heteroatoms. The van der Waals surface area contributed by atoms with Gasteiger partial charge in [-0.3, -0.25) is 9.80 Å². The number of ketones is 1. The molecular formula is C31H24Cl2N2O. The van der Waals surface area contributed by atoms with Crippen molar-refractivity contribution in [2.24, 2.45) is 10.5 Å². The highest BCUT2D eigenvalue weighted by Crippen LogP contribution is 2.55. The van der Waals surface area contributed by atoms with E-state index in [0.717, 1.165) is 46.5 Å². The number of hydrogen-bond donors (Lipinski definition) is 0. The number of halogens is 2. The lowest BCUT2D eigenvalue weighted by atomic mass is 9.65. The lowest BCUT2D eigenvalue weighted by Crippen LogP contribution is -2.44. The van der Waals surface area contributed by atoms with Crippen LogP contribution in [0.2, 0.25) is 10.0 Å². The van der Waals surface area contributed by atoms with Gasteiger partial charge in [0.15, 0.2) is 5.78 Å². The number of nitrogens with zero attached hydrogens (tertiary/aromatic N) is 2. The summed E-state index contributed by atoms with van der Waals surface area (Å²) in [6, 6.07) is 33.4. The third-order valence-corrected chi connectivity index (χ3v) is 8.09. The van der Waals surface area contributed by atoms with Crippen molar-refractivity contribution in [3.63, 3.8) is 0 Å². The fourth-order valence-electron chi connectivity index (χ4n) is 5.76. The smallest absolute Gasteiger partial charge is 0.177 e. The van der Waals surface area contributed by atoms with E-state index in [0.29, 0.717) is 16.5 Å². The largest absolute Gasteiger partial charge is 0.293 e. The van der Waals surface area contributed by atoms with Gasteiger partial charge in [0.25, 0.3) is 0 Å². The Balaban J connectivity index is 1.66. The summed E-state index contributed by atoms with van der Waals surface area (Å²) in [7, 11) is 0. The van der Waals surface area contributed by atoms with Crippen LogP contribution in [0.5, 0.6) is 0 Å². The van der Waals surface area contributed by atoms with E-state index >= 15 is 0 Å². The van der Waals surface area contributed by atoms with Gasteiger partial charge in [-0.25, -0.2) is 0 Å². The van der Waals surface area contributed by atoms with E-state index in [1.54, 1.807) is 0 Å². The van der Waals surface area contributed by atoms with Crippen LogP contribution in [0.3, 0.4) is 0 Å². The van der Waals surface area contributed by atoms with Gasteiger partial charge in [0.2, 0.25) is 0 Å². The zero-order chi connectivity index (χ0) is 24.7.